The number of H-pyrrole nitrogens is 1. The van der Waals surface area contributed by atoms with E-state index < -0.39 is 0 Å². The number of aromatic nitrogens is 2. The van der Waals surface area contributed by atoms with Crippen LogP contribution >= 0.6 is 0 Å². The smallest absolute Gasteiger partial charge is 0.153 e. The third kappa shape index (κ3) is 4.63. The lowest BCUT2D eigenvalue weighted by Gasteiger charge is -2.26. The van der Waals surface area contributed by atoms with Gasteiger partial charge in [0.25, 0.3) is 0 Å². The largest absolute Gasteiger partial charge is 0.386 e. The molecule has 1 aromatic heterocycles. The van der Waals surface area contributed by atoms with Crippen molar-refractivity contribution in [2.75, 3.05) is 7.05 Å². The molecule has 0 saturated heterocycles. The van der Waals surface area contributed by atoms with Gasteiger partial charge in [0.15, 0.2) is 5.82 Å². The average molecular weight is 479 g/mol. The topological polar surface area (TPSA) is 91.4 Å². The Labute approximate surface area is 213 Å². The summed E-state index contributed by atoms with van der Waals surface area (Å²) in [4.78, 5) is 16.5. The molecule has 3 aliphatic rings. The molecule has 6 nitrogen and oxygen atoms in total. The van der Waals surface area contributed by atoms with Crippen LogP contribution in [-0.4, -0.2) is 35.1 Å². The number of allylic oxidation sites excluding steroid dienone is 7. The number of nitrogens with zero attached hydrogens (tertiary/aromatic N) is 3. The normalized spacial score (nSPS) is 22.8. The summed E-state index contributed by atoms with van der Waals surface area (Å²) < 4.78 is 0. The fourth-order valence-corrected chi connectivity index (χ4v) is 4.89. The lowest BCUT2D eigenvalue weighted by Crippen LogP contribution is -2.28. The van der Waals surface area contributed by atoms with Crippen LogP contribution in [0.4, 0.5) is 0 Å². The fraction of sp³-hybridized carbons (Fsp3) is 0.300. The Bertz CT molecular complexity index is 1330. The van der Waals surface area contributed by atoms with E-state index in [0.29, 0.717) is 17.7 Å². The van der Waals surface area contributed by atoms with Crippen molar-refractivity contribution in [1.82, 2.24) is 15.3 Å². The second-order valence-electron chi connectivity index (χ2n) is 9.94. The molecule has 1 saturated carbocycles. The molecule has 36 heavy (non-hydrogen) atoms. The molecule has 2 unspecified atom stereocenters. The van der Waals surface area contributed by atoms with Crippen LogP contribution in [0.2, 0.25) is 0 Å². The molecule has 1 heterocycles. The highest BCUT2D eigenvalue weighted by molar-refractivity contribution is 5.94. The zero-order valence-corrected chi connectivity index (χ0v) is 21.1. The second-order valence-corrected chi connectivity index (χ2v) is 9.94. The van der Waals surface area contributed by atoms with Crippen LogP contribution in [0, 0.1) is 0 Å². The Morgan fingerprint density at radius 3 is 2.44 bits per heavy atom. The van der Waals surface area contributed by atoms with Crippen molar-refractivity contribution < 1.29 is 0 Å². The van der Waals surface area contributed by atoms with Crippen molar-refractivity contribution in [3.05, 3.63) is 101 Å². The van der Waals surface area contributed by atoms with Gasteiger partial charge in [-0.15, -0.1) is 0 Å². The van der Waals surface area contributed by atoms with Gasteiger partial charge < -0.3 is 16.0 Å². The number of hydrogen-bond donors (Lipinski definition) is 3. The Balaban J connectivity index is 1.23. The third-order valence-electron chi connectivity index (χ3n) is 7.63. The van der Waals surface area contributed by atoms with E-state index in [1.54, 1.807) is 0 Å². The molecule has 2 atom stereocenters. The van der Waals surface area contributed by atoms with E-state index in [0.717, 1.165) is 54.0 Å². The van der Waals surface area contributed by atoms with Crippen LogP contribution in [-0.2, 0) is 0 Å². The van der Waals surface area contributed by atoms with Gasteiger partial charge in [-0.25, -0.2) is 9.98 Å². The summed E-state index contributed by atoms with van der Waals surface area (Å²) in [5.41, 5.74) is 14.1. The zero-order valence-electron chi connectivity index (χ0n) is 21.1. The average Bonchev–Trinajstić information content (AvgIpc) is 3.58. The number of imidazole rings is 1. The van der Waals surface area contributed by atoms with E-state index in [4.69, 9.17) is 5.73 Å². The molecular formula is C30H34N6. The maximum Gasteiger partial charge on any atom is 0.153 e. The van der Waals surface area contributed by atoms with E-state index in [2.05, 4.69) is 94.1 Å². The van der Waals surface area contributed by atoms with Crippen molar-refractivity contribution in [3.8, 4) is 0 Å². The second kappa shape index (κ2) is 9.61. The summed E-state index contributed by atoms with van der Waals surface area (Å²) in [6, 6.07) is 8.80. The van der Waals surface area contributed by atoms with Gasteiger partial charge in [-0.1, -0.05) is 55.1 Å². The van der Waals surface area contributed by atoms with E-state index >= 15 is 0 Å². The molecule has 2 aromatic rings. The molecule has 1 fully saturated rings. The number of aromatic amines is 1. The maximum absolute atomic E-state index is 6.13. The predicted octanol–water partition coefficient (Wildman–Crippen LogP) is 5.63. The zero-order chi connectivity index (χ0) is 25.3. The minimum absolute atomic E-state index is 0.304. The molecule has 0 bridgehead atoms. The Morgan fingerprint density at radius 2 is 1.81 bits per heavy atom. The van der Waals surface area contributed by atoms with Gasteiger partial charge in [-0.05, 0) is 67.2 Å². The molecule has 3 aliphatic carbocycles. The van der Waals surface area contributed by atoms with Crippen LogP contribution in [0.25, 0.3) is 11.3 Å². The predicted molar refractivity (Wildman–Crippen MR) is 150 cm³/mol. The number of hydrogen-bond acceptors (Lipinski definition) is 4. The minimum Gasteiger partial charge on any atom is -0.386 e. The monoisotopic (exact) mass is 478 g/mol. The van der Waals surface area contributed by atoms with Gasteiger partial charge in [0.1, 0.15) is 11.4 Å². The van der Waals surface area contributed by atoms with Gasteiger partial charge in [0.2, 0.25) is 0 Å². The van der Waals surface area contributed by atoms with Crippen LogP contribution in [0.5, 0.6) is 0 Å². The summed E-state index contributed by atoms with van der Waals surface area (Å²) in [5, 5.41) is 3.05. The SMILES string of the molecule is C=NC1(C(N)=N/C=C(\C)c2ccc(C3C=CC4=C(C=CC(c5cnc(C(=C)NC)[nH]5)C4)C3)cc2)CC1. The van der Waals surface area contributed by atoms with Crippen LogP contribution in [0.15, 0.2) is 88.7 Å². The van der Waals surface area contributed by atoms with Gasteiger partial charge in [-0.2, -0.15) is 0 Å². The molecule has 6 heteroatoms. The summed E-state index contributed by atoms with van der Waals surface area (Å²) >= 11 is 0. The fourth-order valence-electron chi connectivity index (χ4n) is 4.89. The van der Waals surface area contributed by atoms with Crippen molar-refractivity contribution in [1.29, 1.82) is 0 Å². The summed E-state index contributed by atoms with van der Waals surface area (Å²) in [5.74, 6) is 2.04. The molecular weight excluding hydrogens is 444 g/mol. The van der Waals surface area contributed by atoms with Crippen LogP contribution < -0.4 is 11.1 Å². The first-order valence-electron chi connectivity index (χ1n) is 12.5. The Morgan fingerprint density at radius 1 is 1.14 bits per heavy atom. The highest BCUT2D eigenvalue weighted by Crippen LogP contribution is 2.40. The summed E-state index contributed by atoms with van der Waals surface area (Å²) in [7, 11) is 1.86. The maximum atomic E-state index is 6.13. The molecule has 5 rings (SSSR count). The Hall–Kier alpha value is -3.93. The first kappa shape index (κ1) is 23.8. The van der Waals surface area contributed by atoms with E-state index in [1.165, 1.54) is 16.7 Å². The Kier molecular flexibility index (Phi) is 6.35. The summed E-state index contributed by atoms with van der Waals surface area (Å²) in [6.45, 7) is 9.70. The summed E-state index contributed by atoms with van der Waals surface area (Å²) in [6.07, 6.45) is 16.9. The molecule has 0 amide bonds. The lowest BCUT2D eigenvalue weighted by atomic mass is 9.79. The van der Waals surface area contributed by atoms with Gasteiger partial charge in [0.05, 0.1) is 5.70 Å². The number of nitrogens with two attached hydrogens (primary N) is 1. The first-order chi connectivity index (χ1) is 17.4. The van der Waals surface area contributed by atoms with E-state index in [-0.39, 0.29) is 5.54 Å². The first-order valence-corrected chi connectivity index (χ1v) is 12.5. The third-order valence-corrected chi connectivity index (χ3v) is 7.63. The molecule has 0 radical (unpaired) electrons. The van der Waals surface area contributed by atoms with Gasteiger partial charge >= 0.3 is 0 Å². The van der Waals surface area contributed by atoms with E-state index in [1.807, 2.05) is 19.4 Å². The molecule has 4 N–H and O–H groups in total. The molecule has 1 aromatic carbocycles. The van der Waals surface area contributed by atoms with Crippen LogP contribution in [0.3, 0.4) is 0 Å². The number of nitrogens with one attached hydrogen (secondary N) is 2. The number of aliphatic imine (C=N–C) groups is 2. The van der Waals surface area contributed by atoms with Gasteiger partial charge in [0, 0.05) is 37.0 Å². The van der Waals surface area contributed by atoms with Gasteiger partial charge in [-0.3, -0.25) is 4.99 Å². The van der Waals surface area contributed by atoms with Crippen molar-refractivity contribution >= 4 is 23.8 Å². The van der Waals surface area contributed by atoms with Crippen molar-refractivity contribution in [2.24, 2.45) is 15.7 Å². The van der Waals surface area contributed by atoms with Crippen molar-refractivity contribution in [3.63, 3.8) is 0 Å². The molecule has 0 aliphatic heterocycles. The highest BCUT2D eigenvalue weighted by Gasteiger charge is 2.45. The quantitative estimate of drug-likeness (QED) is 0.339. The standard InChI is InChI=1S/C30H34N6/c1-19(17-35-29(31)30(33-4)13-14-30)21-5-7-22(8-6-21)23-9-10-25-16-26(12-11-24(25)15-23)27-18-34-28(36-27)20(2)32-3/h5-12,17-18,23,26,32H,2,4,13-16H2,1,3H3,(H2,31,35)(H,34,36)/b19-17+. The van der Waals surface area contributed by atoms with Crippen molar-refractivity contribution in [2.45, 2.75) is 50.0 Å². The molecule has 0 spiro atoms. The van der Waals surface area contributed by atoms with E-state index in [9.17, 15) is 0 Å². The number of amidine groups is 1. The lowest BCUT2D eigenvalue weighted by molar-refractivity contribution is 0.742. The number of benzene rings is 1. The highest BCUT2D eigenvalue weighted by atomic mass is 15.0. The minimum atomic E-state index is -0.321. The number of rotatable bonds is 8. The van der Waals surface area contributed by atoms with Crippen LogP contribution in [0.1, 0.15) is 67.1 Å². The molecule has 184 valence electrons.